The first-order chi connectivity index (χ1) is 11.6. The molecule has 120 valence electrons. The van der Waals surface area contributed by atoms with E-state index in [4.69, 9.17) is 4.74 Å². The van der Waals surface area contributed by atoms with E-state index in [0.717, 1.165) is 22.3 Å². The fraction of sp³-hybridized carbons (Fsp3) is 0.136. The molecular formula is C22H20O2. The predicted octanol–water partition coefficient (Wildman–Crippen LogP) is 5.42. The maximum absolute atomic E-state index is 12.3. The van der Waals surface area contributed by atoms with Gasteiger partial charge in [-0.05, 0) is 53.3 Å². The summed E-state index contributed by atoms with van der Waals surface area (Å²) in [5, 5.41) is 0. The lowest BCUT2D eigenvalue weighted by Gasteiger charge is -2.16. The number of esters is 1. The van der Waals surface area contributed by atoms with E-state index in [2.05, 4.69) is 31.2 Å². The van der Waals surface area contributed by atoms with Gasteiger partial charge in [0, 0.05) is 0 Å². The molecule has 0 saturated heterocycles. The smallest absolute Gasteiger partial charge is 0.338 e. The van der Waals surface area contributed by atoms with Gasteiger partial charge in [0.05, 0.1) is 12.7 Å². The van der Waals surface area contributed by atoms with Gasteiger partial charge < -0.3 is 4.74 Å². The van der Waals surface area contributed by atoms with Crippen LogP contribution in [0.15, 0.2) is 66.7 Å². The van der Waals surface area contributed by atoms with Crippen molar-refractivity contribution in [2.45, 2.75) is 13.8 Å². The minimum Gasteiger partial charge on any atom is -0.465 e. The molecule has 0 aliphatic rings. The first kappa shape index (κ1) is 16.0. The van der Waals surface area contributed by atoms with Gasteiger partial charge in [0.25, 0.3) is 0 Å². The zero-order chi connectivity index (χ0) is 17.1. The third kappa shape index (κ3) is 2.83. The highest BCUT2D eigenvalue weighted by Crippen LogP contribution is 2.37. The second-order valence-electron chi connectivity index (χ2n) is 5.85. The summed E-state index contributed by atoms with van der Waals surface area (Å²) in [6, 6.07) is 22.2. The van der Waals surface area contributed by atoms with Gasteiger partial charge in [-0.15, -0.1) is 0 Å². The van der Waals surface area contributed by atoms with Crippen LogP contribution in [0.4, 0.5) is 0 Å². The molecule has 0 bridgehead atoms. The van der Waals surface area contributed by atoms with E-state index >= 15 is 0 Å². The number of hydrogen-bond donors (Lipinski definition) is 0. The SMILES string of the molecule is COC(=O)c1cccc(C)c1-c1ccccc1-c1ccccc1C. The summed E-state index contributed by atoms with van der Waals surface area (Å²) >= 11 is 0. The molecule has 3 rings (SSSR count). The van der Waals surface area contributed by atoms with Gasteiger partial charge in [0.1, 0.15) is 0 Å². The summed E-state index contributed by atoms with van der Waals surface area (Å²) in [7, 11) is 1.42. The molecule has 0 spiro atoms. The molecule has 2 heteroatoms. The third-order valence-corrected chi connectivity index (χ3v) is 4.31. The molecule has 3 aromatic carbocycles. The molecule has 0 aromatic heterocycles. The van der Waals surface area contributed by atoms with Crippen LogP contribution < -0.4 is 0 Å². The van der Waals surface area contributed by atoms with Crippen molar-refractivity contribution in [1.82, 2.24) is 0 Å². The Kier molecular flexibility index (Phi) is 4.48. The monoisotopic (exact) mass is 316 g/mol. The van der Waals surface area contributed by atoms with Crippen molar-refractivity contribution < 1.29 is 9.53 Å². The molecule has 0 N–H and O–H groups in total. The van der Waals surface area contributed by atoms with Crippen LogP contribution >= 0.6 is 0 Å². The van der Waals surface area contributed by atoms with Crippen molar-refractivity contribution in [2.24, 2.45) is 0 Å². The number of ether oxygens (including phenoxy) is 1. The number of methoxy groups -OCH3 is 1. The standard InChI is InChI=1S/C22H20O2/c1-15-9-4-5-11-17(15)18-12-6-7-13-19(18)21-16(2)10-8-14-20(21)22(23)24-3/h4-14H,1-3H3. The van der Waals surface area contributed by atoms with Gasteiger partial charge in [-0.1, -0.05) is 60.7 Å². The maximum atomic E-state index is 12.3. The Morgan fingerprint density at radius 2 is 1.29 bits per heavy atom. The Labute approximate surface area is 142 Å². The highest BCUT2D eigenvalue weighted by atomic mass is 16.5. The topological polar surface area (TPSA) is 26.3 Å². The lowest BCUT2D eigenvalue weighted by Crippen LogP contribution is -2.05. The summed E-state index contributed by atoms with van der Waals surface area (Å²) in [4.78, 5) is 12.3. The first-order valence-electron chi connectivity index (χ1n) is 7.97. The van der Waals surface area contributed by atoms with Gasteiger partial charge in [0.15, 0.2) is 0 Å². The van der Waals surface area contributed by atoms with E-state index in [9.17, 15) is 4.79 Å². The predicted molar refractivity (Wildman–Crippen MR) is 98.1 cm³/mol. The van der Waals surface area contributed by atoms with Crippen molar-refractivity contribution in [2.75, 3.05) is 7.11 Å². The highest BCUT2D eigenvalue weighted by Gasteiger charge is 2.18. The van der Waals surface area contributed by atoms with E-state index < -0.39 is 0 Å². The fourth-order valence-electron chi connectivity index (χ4n) is 3.12. The van der Waals surface area contributed by atoms with Crippen LogP contribution in [0.3, 0.4) is 0 Å². The maximum Gasteiger partial charge on any atom is 0.338 e. The van der Waals surface area contributed by atoms with Crippen molar-refractivity contribution in [3.63, 3.8) is 0 Å². The molecule has 0 radical (unpaired) electrons. The van der Waals surface area contributed by atoms with E-state index in [1.807, 2.05) is 49.4 Å². The van der Waals surface area contributed by atoms with Crippen molar-refractivity contribution >= 4 is 5.97 Å². The van der Waals surface area contributed by atoms with Crippen molar-refractivity contribution in [3.05, 3.63) is 83.4 Å². The largest absolute Gasteiger partial charge is 0.465 e. The van der Waals surface area contributed by atoms with E-state index in [1.54, 1.807) is 0 Å². The zero-order valence-corrected chi connectivity index (χ0v) is 14.2. The summed E-state index contributed by atoms with van der Waals surface area (Å²) in [6.45, 7) is 4.13. The Morgan fingerprint density at radius 1 is 0.708 bits per heavy atom. The summed E-state index contributed by atoms with van der Waals surface area (Å²) in [6.07, 6.45) is 0. The first-order valence-corrected chi connectivity index (χ1v) is 7.97. The van der Waals surface area contributed by atoms with Crippen molar-refractivity contribution in [3.8, 4) is 22.3 Å². The molecule has 0 heterocycles. The lowest BCUT2D eigenvalue weighted by molar-refractivity contribution is 0.0601. The van der Waals surface area contributed by atoms with Gasteiger partial charge in [0.2, 0.25) is 0 Å². The van der Waals surface area contributed by atoms with Crippen LogP contribution in [0.5, 0.6) is 0 Å². The Balaban J connectivity index is 2.30. The quantitative estimate of drug-likeness (QED) is 0.603. The molecule has 0 saturated carbocycles. The fourth-order valence-corrected chi connectivity index (χ4v) is 3.12. The molecule has 0 aliphatic heterocycles. The zero-order valence-electron chi connectivity index (χ0n) is 14.2. The number of carbonyl (C=O) groups excluding carboxylic acids is 1. The Bertz CT molecular complexity index is 894. The van der Waals surface area contributed by atoms with E-state index in [0.29, 0.717) is 5.56 Å². The second-order valence-corrected chi connectivity index (χ2v) is 5.85. The van der Waals surface area contributed by atoms with Crippen LogP contribution in [-0.4, -0.2) is 13.1 Å². The molecule has 0 unspecified atom stereocenters. The molecule has 3 aromatic rings. The van der Waals surface area contributed by atoms with Crippen LogP contribution in [0, 0.1) is 13.8 Å². The second kappa shape index (κ2) is 6.71. The minimum atomic E-state index is -0.312. The Morgan fingerprint density at radius 3 is 1.96 bits per heavy atom. The molecule has 0 aliphatic carbocycles. The lowest BCUT2D eigenvalue weighted by atomic mass is 9.88. The van der Waals surface area contributed by atoms with Crippen LogP contribution in [0.2, 0.25) is 0 Å². The molecule has 2 nitrogen and oxygen atoms in total. The van der Waals surface area contributed by atoms with Crippen LogP contribution in [0.25, 0.3) is 22.3 Å². The molecular weight excluding hydrogens is 296 g/mol. The minimum absolute atomic E-state index is 0.312. The van der Waals surface area contributed by atoms with Gasteiger partial charge in [-0.3, -0.25) is 0 Å². The van der Waals surface area contributed by atoms with Crippen LogP contribution in [-0.2, 0) is 4.74 Å². The summed E-state index contributed by atoms with van der Waals surface area (Å²) in [5.41, 5.74) is 7.13. The highest BCUT2D eigenvalue weighted by molar-refractivity contribution is 6.01. The van der Waals surface area contributed by atoms with E-state index in [-0.39, 0.29) is 5.97 Å². The summed E-state index contributed by atoms with van der Waals surface area (Å²) in [5.74, 6) is -0.312. The third-order valence-electron chi connectivity index (χ3n) is 4.31. The average Bonchev–Trinajstić information content (AvgIpc) is 2.61. The number of benzene rings is 3. The van der Waals surface area contributed by atoms with Crippen molar-refractivity contribution in [1.29, 1.82) is 0 Å². The van der Waals surface area contributed by atoms with Gasteiger partial charge in [-0.25, -0.2) is 4.79 Å². The number of aryl methyl sites for hydroxylation is 2. The number of carbonyl (C=O) groups is 1. The molecule has 0 fully saturated rings. The molecule has 24 heavy (non-hydrogen) atoms. The number of hydrogen-bond acceptors (Lipinski definition) is 2. The van der Waals surface area contributed by atoms with Gasteiger partial charge >= 0.3 is 5.97 Å². The number of rotatable bonds is 3. The van der Waals surface area contributed by atoms with E-state index in [1.165, 1.54) is 18.2 Å². The summed E-state index contributed by atoms with van der Waals surface area (Å²) < 4.78 is 4.98. The average molecular weight is 316 g/mol. The van der Waals surface area contributed by atoms with Gasteiger partial charge in [-0.2, -0.15) is 0 Å². The molecule has 0 atom stereocenters. The van der Waals surface area contributed by atoms with Crippen LogP contribution in [0.1, 0.15) is 21.5 Å². The molecule has 0 amide bonds. The Hall–Kier alpha value is -2.87. The normalized spacial score (nSPS) is 10.5.